The first-order valence-electron chi connectivity index (χ1n) is 4.54. The van der Waals surface area contributed by atoms with Crippen molar-refractivity contribution in [3.05, 3.63) is 24.3 Å². The summed E-state index contributed by atoms with van der Waals surface area (Å²) in [5, 5.41) is 3.28. The van der Waals surface area contributed by atoms with E-state index in [1.807, 2.05) is 12.4 Å². The minimum absolute atomic E-state index is 0.163. The molecule has 0 radical (unpaired) electrons. The summed E-state index contributed by atoms with van der Waals surface area (Å²) in [6.07, 6.45) is 6.34. The van der Waals surface area contributed by atoms with E-state index in [-0.39, 0.29) is 6.10 Å². The molecule has 1 N–H and O–H groups in total. The molecule has 1 fully saturated rings. The molecule has 1 atom stereocenters. The van der Waals surface area contributed by atoms with Crippen LogP contribution in [0.3, 0.4) is 0 Å². The van der Waals surface area contributed by atoms with Gasteiger partial charge in [0.2, 0.25) is 0 Å². The topological polar surface area (TPSA) is 47.0 Å². The van der Waals surface area contributed by atoms with Gasteiger partial charge < -0.3 is 10.1 Å². The number of nitrogens with one attached hydrogen (secondary N) is 1. The highest BCUT2D eigenvalue weighted by molar-refractivity contribution is 5.07. The minimum Gasteiger partial charge on any atom is -0.372 e. The smallest absolute Gasteiger partial charge is 0.115 e. The van der Waals surface area contributed by atoms with E-state index in [1.165, 1.54) is 0 Å². The number of ether oxygens (including phenoxy) is 1. The van der Waals surface area contributed by atoms with Gasteiger partial charge >= 0.3 is 0 Å². The van der Waals surface area contributed by atoms with E-state index in [0.29, 0.717) is 0 Å². The van der Waals surface area contributed by atoms with Crippen LogP contribution in [0.5, 0.6) is 0 Å². The summed E-state index contributed by atoms with van der Waals surface area (Å²) in [6.45, 7) is 2.70. The van der Waals surface area contributed by atoms with Crippen molar-refractivity contribution >= 4 is 0 Å². The Hall–Kier alpha value is -1.00. The molecule has 2 heterocycles. The third kappa shape index (κ3) is 2.23. The lowest BCUT2D eigenvalue weighted by Gasteiger charge is -2.13. The number of hydrogen-bond acceptors (Lipinski definition) is 4. The summed E-state index contributed by atoms with van der Waals surface area (Å²) in [6, 6.07) is 0. The fourth-order valence-corrected chi connectivity index (χ4v) is 1.45. The van der Waals surface area contributed by atoms with Crippen molar-refractivity contribution in [2.75, 3.05) is 19.7 Å². The first-order valence-corrected chi connectivity index (χ1v) is 4.54. The minimum atomic E-state index is 0.163. The van der Waals surface area contributed by atoms with Gasteiger partial charge in [-0.1, -0.05) is 0 Å². The van der Waals surface area contributed by atoms with Gasteiger partial charge in [0.25, 0.3) is 0 Å². The van der Waals surface area contributed by atoms with E-state index in [0.717, 1.165) is 31.7 Å². The maximum atomic E-state index is 5.65. The van der Waals surface area contributed by atoms with Crippen molar-refractivity contribution in [3.8, 4) is 0 Å². The molecular weight excluding hydrogens is 166 g/mol. The molecule has 13 heavy (non-hydrogen) atoms. The van der Waals surface area contributed by atoms with E-state index < -0.39 is 0 Å². The van der Waals surface area contributed by atoms with Crippen molar-refractivity contribution in [1.82, 2.24) is 15.3 Å². The normalized spacial score (nSPS) is 23.8. The van der Waals surface area contributed by atoms with Crippen LogP contribution in [-0.2, 0) is 4.74 Å². The molecule has 0 aromatic carbocycles. The highest BCUT2D eigenvalue weighted by atomic mass is 16.5. The molecule has 0 amide bonds. The molecule has 1 aromatic heterocycles. The average Bonchev–Trinajstić information content (AvgIpc) is 2.47. The third-order valence-corrected chi connectivity index (χ3v) is 2.13. The Morgan fingerprint density at radius 3 is 3.00 bits per heavy atom. The van der Waals surface area contributed by atoms with Crippen LogP contribution in [0, 0.1) is 0 Å². The lowest BCUT2D eigenvalue weighted by molar-refractivity contribution is 0.0639. The van der Waals surface area contributed by atoms with E-state index >= 15 is 0 Å². The first kappa shape index (κ1) is 8.59. The fourth-order valence-electron chi connectivity index (χ4n) is 1.45. The summed E-state index contributed by atoms with van der Waals surface area (Å²) in [5.41, 5.74) is 1.08. The van der Waals surface area contributed by atoms with Crippen molar-refractivity contribution in [2.24, 2.45) is 0 Å². The quantitative estimate of drug-likeness (QED) is 0.683. The van der Waals surface area contributed by atoms with Crippen LogP contribution in [0.25, 0.3) is 0 Å². The second-order valence-electron chi connectivity index (χ2n) is 3.07. The monoisotopic (exact) mass is 179 g/mol. The molecule has 0 aliphatic carbocycles. The van der Waals surface area contributed by atoms with Crippen molar-refractivity contribution < 1.29 is 4.74 Å². The number of nitrogens with zero attached hydrogens (tertiary/aromatic N) is 2. The first-order chi connectivity index (χ1) is 6.47. The molecule has 1 saturated heterocycles. The Balaban J connectivity index is 2.06. The Bertz CT molecular complexity index is 244. The van der Waals surface area contributed by atoms with Gasteiger partial charge in [-0.15, -0.1) is 0 Å². The molecule has 1 aromatic rings. The maximum Gasteiger partial charge on any atom is 0.115 e. The highest BCUT2D eigenvalue weighted by Crippen LogP contribution is 2.19. The lowest BCUT2D eigenvalue weighted by atomic mass is 10.1. The summed E-state index contributed by atoms with van der Waals surface area (Å²) in [5.74, 6) is 0. The standard InChI is InChI=1S/C9H13N3O/c1-2-10-3-4-13-9(1)8-5-11-7-12-6-8/h5-7,9-10H,1-4H2/t9-/m1/s1. The Morgan fingerprint density at radius 2 is 2.15 bits per heavy atom. The largest absolute Gasteiger partial charge is 0.372 e. The van der Waals surface area contributed by atoms with E-state index in [4.69, 9.17) is 4.74 Å². The molecule has 4 nitrogen and oxygen atoms in total. The Morgan fingerprint density at radius 1 is 1.31 bits per heavy atom. The van der Waals surface area contributed by atoms with Gasteiger partial charge in [-0.25, -0.2) is 9.97 Å². The van der Waals surface area contributed by atoms with Crippen LogP contribution in [0.1, 0.15) is 18.1 Å². The van der Waals surface area contributed by atoms with Gasteiger partial charge in [-0.2, -0.15) is 0 Å². The summed E-state index contributed by atoms with van der Waals surface area (Å²) < 4.78 is 5.65. The van der Waals surface area contributed by atoms with E-state index in [1.54, 1.807) is 6.33 Å². The van der Waals surface area contributed by atoms with Crippen LogP contribution in [-0.4, -0.2) is 29.7 Å². The zero-order valence-corrected chi connectivity index (χ0v) is 7.44. The average molecular weight is 179 g/mol. The summed E-state index contributed by atoms with van der Waals surface area (Å²) in [7, 11) is 0. The molecule has 2 rings (SSSR count). The lowest BCUT2D eigenvalue weighted by Crippen LogP contribution is -2.16. The van der Waals surface area contributed by atoms with Gasteiger partial charge in [0.05, 0.1) is 12.7 Å². The number of hydrogen-bond donors (Lipinski definition) is 1. The molecule has 0 bridgehead atoms. The van der Waals surface area contributed by atoms with Crippen LogP contribution in [0.4, 0.5) is 0 Å². The zero-order valence-electron chi connectivity index (χ0n) is 7.44. The second kappa shape index (κ2) is 4.30. The SMILES string of the molecule is c1ncc([C@H]2CCNCCO2)cn1. The van der Waals surface area contributed by atoms with Crippen molar-refractivity contribution in [3.63, 3.8) is 0 Å². The second-order valence-corrected chi connectivity index (χ2v) is 3.07. The van der Waals surface area contributed by atoms with Crippen molar-refractivity contribution in [1.29, 1.82) is 0 Å². The summed E-state index contributed by atoms with van der Waals surface area (Å²) >= 11 is 0. The van der Waals surface area contributed by atoms with Gasteiger partial charge in [0.15, 0.2) is 0 Å². The van der Waals surface area contributed by atoms with Gasteiger partial charge in [0, 0.05) is 24.5 Å². The molecule has 1 aliphatic heterocycles. The van der Waals surface area contributed by atoms with Gasteiger partial charge in [0.1, 0.15) is 6.33 Å². The third-order valence-electron chi connectivity index (χ3n) is 2.13. The zero-order chi connectivity index (χ0) is 8.93. The van der Waals surface area contributed by atoms with Crippen LogP contribution in [0.15, 0.2) is 18.7 Å². The molecular formula is C9H13N3O. The molecule has 0 spiro atoms. The molecule has 4 heteroatoms. The highest BCUT2D eigenvalue weighted by Gasteiger charge is 2.14. The van der Waals surface area contributed by atoms with Gasteiger partial charge in [-0.05, 0) is 13.0 Å². The maximum absolute atomic E-state index is 5.65. The van der Waals surface area contributed by atoms with Crippen LogP contribution in [0.2, 0.25) is 0 Å². The molecule has 70 valence electrons. The number of aromatic nitrogens is 2. The molecule has 0 saturated carbocycles. The fraction of sp³-hybridized carbons (Fsp3) is 0.556. The predicted molar refractivity (Wildman–Crippen MR) is 48.2 cm³/mol. The van der Waals surface area contributed by atoms with E-state index in [2.05, 4.69) is 15.3 Å². The van der Waals surface area contributed by atoms with Crippen LogP contribution >= 0.6 is 0 Å². The Kier molecular flexibility index (Phi) is 2.84. The van der Waals surface area contributed by atoms with Gasteiger partial charge in [-0.3, -0.25) is 0 Å². The molecule has 1 aliphatic rings. The van der Waals surface area contributed by atoms with E-state index in [9.17, 15) is 0 Å². The number of rotatable bonds is 1. The molecule has 0 unspecified atom stereocenters. The summed E-state index contributed by atoms with van der Waals surface area (Å²) in [4.78, 5) is 7.96. The predicted octanol–water partition coefficient (Wildman–Crippen LogP) is 0.528. The Labute approximate surface area is 77.4 Å². The van der Waals surface area contributed by atoms with Crippen LogP contribution < -0.4 is 5.32 Å². The van der Waals surface area contributed by atoms with Crippen molar-refractivity contribution in [2.45, 2.75) is 12.5 Å².